The summed E-state index contributed by atoms with van der Waals surface area (Å²) in [6, 6.07) is 16.1. The van der Waals surface area contributed by atoms with Crippen LogP contribution in [0.25, 0.3) is 10.9 Å². The van der Waals surface area contributed by atoms with E-state index in [0.717, 1.165) is 40.6 Å². The summed E-state index contributed by atoms with van der Waals surface area (Å²) in [7, 11) is 0. The third kappa shape index (κ3) is 3.57. The van der Waals surface area contributed by atoms with Crippen LogP contribution in [0.5, 0.6) is 5.75 Å². The molecule has 0 bridgehead atoms. The quantitative estimate of drug-likeness (QED) is 0.630. The number of aromatic nitrogens is 1. The Morgan fingerprint density at radius 2 is 1.80 bits per heavy atom. The molecule has 4 heteroatoms. The lowest BCUT2D eigenvalue weighted by Crippen LogP contribution is -2.18. The van der Waals surface area contributed by atoms with Gasteiger partial charge in [-0.15, -0.1) is 0 Å². The van der Waals surface area contributed by atoms with Crippen LogP contribution in [0, 0.1) is 6.92 Å². The maximum absolute atomic E-state index is 5.95. The van der Waals surface area contributed by atoms with E-state index in [0.29, 0.717) is 6.61 Å². The fourth-order valence-electron chi connectivity index (χ4n) is 3.38. The fraction of sp³-hybridized carbons (Fsp3) is 0.286. The second-order valence-corrected chi connectivity index (χ2v) is 7.01. The van der Waals surface area contributed by atoms with Gasteiger partial charge in [0.2, 0.25) is 0 Å². The summed E-state index contributed by atoms with van der Waals surface area (Å²) in [5.41, 5.74) is 4.43. The van der Waals surface area contributed by atoms with E-state index in [9.17, 15) is 0 Å². The maximum Gasteiger partial charge on any atom is 0.122 e. The average molecular weight is 353 g/mol. The van der Waals surface area contributed by atoms with Crippen LogP contribution in [0.15, 0.2) is 48.5 Å². The molecular weight excluding hydrogens is 332 g/mol. The summed E-state index contributed by atoms with van der Waals surface area (Å²) in [4.78, 5) is 7.17. The second kappa shape index (κ2) is 6.93. The van der Waals surface area contributed by atoms with Crippen molar-refractivity contribution in [3.63, 3.8) is 0 Å². The van der Waals surface area contributed by atoms with Gasteiger partial charge in [0.1, 0.15) is 12.4 Å². The molecule has 3 aromatic rings. The van der Waals surface area contributed by atoms with Gasteiger partial charge in [-0.25, -0.2) is 0 Å². The molecule has 1 aromatic heterocycles. The smallest absolute Gasteiger partial charge is 0.122 e. The van der Waals surface area contributed by atoms with Gasteiger partial charge in [-0.2, -0.15) is 0 Å². The van der Waals surface area contributed by atoms with Crippen molar-refractivity contribution in [1.82, 2.24) is 4.98 Å². The fourth-order valence-corrected chi connectivity index (χ4v) is 3.50. The van der Waals surface area contributed by atoms with Crippen LogP contribution in [-0.4, -0.2) is 18.1 Å². The van der Waals surface area contributed by atoms with Crippen molar-refractivity contribution in [1.29, 1.82) is 0 Å². The first-order valence-electron chi connectivity index (χ1n) is 8.73. The molecule has 128 valence electrons. The lowest BCUT2D eigenvalue weighted by molar-refractivity contribution is 0.306. The van der Waals surface area contributed by atoms with Crippen LogP contribution >= 0.6 is 11.6 Å². The highest BCUT2D eigenvalue weighted by Gasteiger charge is 2.16. The Bertz CT molecular complexity index is 886. The molecule has 1 saturated heterocycles. The third-order valence-corrected chi connectivity index (χ3v) is 4.91. The van der Waals surface area contributed by atoms with E-state index in [4.69, 9.17) is 21.3 Å². The number of nitrogens with zero attached hydrogens (tertiary/aromatic N) is 2. The summed E-state index contributed by atoms with van der Waals surface area (Å²) < 4.78 is 5.95. The molecule has 1 aliphatic rings. The van der Waals surface area contributed by atoms with Crippen molar-refractivity contribution in [3.8, 4) is 5.75 Å². The Hall–Kier alpha value is -2.26. The molecule has 2 aromatic carbocycles. The summed E-state index contributed by atoms with van der Waals surface area (Å²) in [5.74, 6) is 0.841. The van der Waals surface area contributed by atoms with E-state index in [1.165, 1.54) is 23.9 Å². The van der Waals surface area contributed by atoms with Gasteiger partial charge in [0.15, 0.2) is 0 Å². The van der Waals surface area contributed by atoms with Gasteiger partial charge in [0.25, 0.3) is 0 Å². The summed E-state index contributed by atoms with van der Waals surface area (Å²) in [6.07, 6.45) is 2.54. The van der Waals surface area contributed by atoms with E-state index < -0.39 is 0 Å². The van der Waals surface area contributed by atoms with Gasteiger partial charge in [-0.1, -0.05) is 23.7 Å². The Morgan fingerprint density at radius 1 is 1.04 bits per heavy atom. The molecule has 4 rings (SSSR count). The van der Waals surface area contributed by atoms with Crippen LogP contribution in [0.2, 0.25) is 5.02 Å². The topological polar surface area (TPSA) is 25.4 Å². The highest BCUT2D eigenvalue weighted by molar-refractivity contribution is 6.30. The normalized spacial score (nSPS) is 14.2. The van der Waals surface area contributed by atoms with Crippen molar-refractivity contribution < 1.29 is 4.74 Å². The Kier molecular flexibility index (Phi) is 4.50. The molecule has 0 amide bonds. The molecule has 0 saturated carbocycles. The first kappa shape index (κ1) is 16.2. The number of rotatable bonds is 4. The van der Waals surface area contributed by atoms with E-state index in [-0.39, 0.29) is 0 Å². The number of halogens is 1. The van der Waals surface area contributed by atoms with Crippen molar-refractivity contribution in [2.45, 2.75) is 26.4 Å². The number of ether oxygens (including phenoxy) is 1. The summed E-state index contributed by atoms with van der Waals surface area (Å²) >= 11 is 5.92. The molecule has 25 heavy (non-hydrogen) atoms. The maximum atomic E-state index is 5.95. The molecule has 3 nitrogen and oxygen atoms in total. The molecule has 0 atom stereocenters. The van der Waals surface area contributed by atoms with Gasteiger partial charge >= 0.3 is 0 Å². The number of aryl methyl sites for hydroxylation is 1. The minimum atomic E-state index is 0.521. The van der Waals surface area contributed by atoms with Crippen molar-refractivity contribution in [3.05, 3.63) is 64.8 Å². The zero-order valence-electron chi connectivity index (χ0n) is 14.3. The Morgan fingerprint density at radius 3 is 2.56 bits per heavy atom. The minimum Gasteiger partial charge on any atom is -0.489 e. The number of benzene rings is 2. The van der Waals surface area contributed by atoms with Crippen molar-refractivity contribution in [2.75, 3.05) is 18.0 Å². The van der Waals surface area contributed by atoms with Crippen LogP contribution in [-0.2, 0) is 6.61 Å². The molecule has 0 aliphatic carbocycles. The monoisotopic (exact) mass is 352 g/mol. The van der Waals surface area contributed by atoms with Crippen molar-refractivity contribution in [2.24, 2.45) is 0 Å². The number of anilines is 1. The molecule has 2 heterocycles. The molecule has 0 radical (unpaired) electrons. The first-order valence-corrected chi connectivity index (χ1v) is 9.10. The molecule has 1 aliphatic heterocycles. The van der Waals surface area contributed by atoms with Gasteiger partial charge in [-0.05, 0) is 55.7 Å². The predicted molar refractivity (Wildman–Crippen MR) is 104 cm³/mol. The summed E-state index contributed by atoms with van der Waals surface area (Å²) in [6.45, 7) is 4.84. The van der Waals surface area contributed by atoms with Gasteiger partial charge < -0.3 is 9.64 Å². The van der Waals surface area contributed by atoms with Gasteiger partial charge in [-0.3, -0.25) is 4.98 Å². The Labute approximate surface area is 153 Å². The standard InChI is InChI=1S/C21H21ClN2O/c1-15-12-21(24-10-2-3-11-24)19-9-8-18(13-20(19)23-15)25-14-16-4-6-17(22)7-5-16/h4-9,12-13H,2-3,10-11,14H2,1H3. The lowest BCUT2D eigenvalue weighted by Gasteiger charge is -2.20. The van der Waals surface area contributed by atoms with E-state index >= 15 is 0 Å². The number of hydrogen-bond donors (Lipinski definition) is 0. The molecule has 0 unspecified atom stereocenters. The molecule has 0 N–H and O–H groups in total. The van der Waals surface area contributed by atoms with Crippen LogP contribution in [0.4, 0.5) is 5.69 Å². The second-order valence-electron chi connectivity index (χ2n) is 6.57. The summed E-state index contributed by atoms with van der Waals surface area (Å²) in [5, 5.41) is 1.94. The molecule has 1 fully saturated rings. The predicted octanol–water partition coefficient (Wildman–Crippen LogP) is 5.38. The number of fused-ring (bicyclic) bond motifs is 1. The van der Waals surface area contributed by atoms with Gasteiger partial charge in [0, 0.05) is 40.9 Å². The molecule has 0 spiro atoms. The minimum absolute atomic E-state index is 0.521. The lowest BCUT2D eigenvalue weighted by atomic mass is 10.1. The number of hydrogen-bond acceptors (Lipinski definition) is 3. The van der Waals surface area contributed by atoms with E-state index in [2.05, 4.69) is 24.0 Å². The zero-order chi connectivity index (χ0) is 17.2. The van der Waals surface area contributed by atoms with Crippen LogP contribution in [0.3, 0.4) is 0 Å². The number of pyridine rings is 1. The van der Waals surface area contributed by atoms with Crippen molar-refractivity contribution >= 4 is 28.2 Å². The molecular formula is C21H21ClN2O. The SMILES string of the molecule is Cc1cc(N2CCCC2)c2ccc(OCc3ccc(Cl)cc3)cc2n1. The Balaban J connectivity index is 1.60. The van der Waals surface area contributed by atoms with E-state index in [1.54, 1.807) is 0 Å². The highest BCUT2D eigenvalue weighted by Crippen LogP contribution is 2.31. The van der Waals surface area contributed by atoms with E-state index in [1.807, 2.05) is 36.4 Å². The zero-order valence-corrected chi connectivity index (χ0v) is 15.1. The third-order valence-electron chi connectivity index (χ3n) is 4.65. The first-order chi connectivity index (χ1) is 12.2. The highest BCUT2D eigenvalue weighted by atomic mass is 35.5. The van der Waals surface area contributed by atoms with Gasteiger partial charge in [0.05, 0.1) is 5.52 Å². The largest absolute Gasteiger partial charge is 0.489 e. The van der Waals surface area contributed by atoms with Crippen LogP contribution in [0.1, 0.15) is 24.1 Å². The average Bonchev–Trinajstić information content (AvgIpc) is 3.14. The van der Waals surface area contributed by atoms with Crippen LogP contribution < -0.4 is 9.64 Å².